The summed E-state index contributed by atoms with van der Waals surface area (Å²) in [6.45, 7) is -0.235. The molecule has 1 aromatic carbocycles. The van der Waals surface area contributed by atoms with Crippen LogP contribution in [0.5, 0.6) is 0 Å². The Bertz CT molecular complexity index is 914. The lowest BCUT2D eigenvalue weighted by Gasteiger charge is -2.16. The van der Waals surface area contributed by atoms with E-state index in [0.29, 0.717) is 21.9 Å². The Kier molecular flexibility index (Phi) is 5.71. The van der Waals surface area contributed by atoms with E-state index in [9.17, 15) is 18.0 Å². The largest absolute Gasteiger partial charge is 0.351 e. The van der Waals surface area contributed by atoms with Crippen molar-refractivity contribution >= 4 is 67.6 Å². The van der Waals surface area contributed by atoms with Crippen LogP contribution in [-0.2, 0) is 19.4 Å². The molecule has 3 rings (SSSR count). The minimum absolute atomic E-state index is 0.0659. The van der Waals surface area contributed by atoms with Crippen molar-refractivity contribution in [2.75, 3.05) is 18.1 Å². The fraction of sp³-hybridized carbons (Fsp3) is 0.312. The zero-order chi connectivity index (χ0) is 18.9. The SMILES string of the molecule is O=C(CN1C(=O)/C(=C\c2ccccc2Cl)SC1=S)N[C@H]1CCS(=O)(=O)C1. The van der Waals surface area contributed by atoms with E-state index in [1.165, 1.54) is 4.90 Å². The van der Waals surface area contributed by atoms with Crippen molar-refractivity contribution in [3.63, 3.8) is 0 Å². The summed E-state index contributed by atoms with van der Waals surface area (Å²) >= 11 is 12.4. The van der Waals surface area contributed by atoms with E-state index >= 15 is 0 Å². The third-order valence-electron chi connectivity index (χ3n) is 3.96. The van der Waals surface area contributed by atoms with Gasteiger partial charge in [0.15, 0.2) is 9.84 Å². The van der Waals surface area contributed by atoms with E-state index in [1.54, 1.807) is 24.3 Å². The van der Waals surface area contributed by atoms with Gasteiger partial charge in [0.05, 0.1) is 16.4 Å². The molecule has 0 saturated carbocycles. The molecule has 0 aliphatic carbocycles. The van der Waals surface area contributed by atoms with Crippen LogP contribution in [0, 0.1) is 0 Å². The van der Waals surface area contributed by atoms with Crippen LogP contribution in [0.4, 0.5) is 0 Å². The van der Waals surface area contributed by atoms with Gasteiger partial charge in [-0.25, -0.2) is 8.42 Å². The molecule has 1 atom stereocenters. The molecule has 0 aromatic heterocycles. The first kappa shape index (κ1) is 19.3. The lowest BCUT2D eigenvalue weighted by Crippen LogP contribution is -2.43. The van der Waals surface area contributed by atoms with Crippen molar-refractivity contribution in [1.29, 1.82) is 0 Å². The highest BCUT2D eigenvalue weighted by molar-refractivity contribution is 8.26. The lowest BCUT2D eigenvalue weighted by atomic mass is 10.2. The van der Waals surface area contributed by atoms with Crippen molar-refractivity contribution in [3.8, 4) is 0 Å². The first-order chi connectivity index (χ1) is 12.2. The highest BCUT2D eigenvalue weighted by Gasteiger charge is 2.35. The molecule has 0 bridgehead atoms. The highest BCUT2D eigenvalue weighted by atomic mass is 35.5. The number of hydrogen-bond donors (Lipinski definition) is 1. The van der Waals surface area contributed by atoms with E-state index < -0.39 is 21.8 Å². The van der Waals surface area contributed by atoms with Gasteiger partial charge < -0.3 is 5.32 Å². The summed E-state index contributed by atoms with van der Waals surface area (Å²) in [6, 6.07) is 6.68. The number of halogens is 1. The Morgan fingerprint density at radius 3 is 2.81 bits per heavy atom. The monoisotopic (exact) mass is 430 g/mol. The van der Waals surface area contributed by atoms with Gasteiger partial charge in [-0.1, -0.05) is 53.8 Å². The van der Waals surface area contributed by atoms with Gasteiger partial charge in [-0.3, -0.25) is 14.5 Å². The molecule has 2 amide bonds. The Labute approximate surface area is 165 Å². The molecule has 2 aliphatic rings. The molecule has 1 aromatic rings. The van der Waals surface area contributed by atoms with E-state index in [2.05, 4.69) is 5.32 Å². The minimum atomic E-state index is -3.08. The van der Waals surface area contributed by atoms with Gasteiger partial charge in [-0.15, -0.1) is 0 Å². The fourth-order valence-electron chi connectivity index (χ4n) is 2.70. The normalized spacial score (nSPS) is 23.7. The number of benzene rings is 1. The van der Waals surface area contributed by atoms with Gasteiger partial charge in [0.25, 0.3) is 5.91 Å². The van der Waals surface area contributed by atoms with E-state index in [1.807, 2.05) is 6.07 Å². The number of amides is 2. The average molecular weight is 431 g/mol. The van der Waals surface area contributed by atoms with E-state index in [-0.39, 0.29) is 28.3 Å². The smallest absolute Gasteiger partial charge is 0.266 e. The number of hydrogen-bond acceptors (Lipinski definition) is 6. The summed E-state index contributed by atoms with van der Waals surface area (Å²) in [7, 11) is -3.08. The van der Waals surface area contributed by atoms with Crippen molar-refractivity contribution < 1.29 is 18.0 Å². The van der Waals surface area contributed by atoms with Crippen LogP contribution < -0.4 is 5.32 Å². The minimum Gasteiger partial charge on any atom is -0.351 e. The number of sulfone groups is 1. The number of nitrogens with one attached hydrogen (secondary N) is 1. The molecule has 138 valence electrons. The number of carbonyl (C=O) groups excluding carboxylic acids is 2. The first-order valence-electron chi connectivity index (χ1n) is 7.75. The predicted molar refractivity (Wildman–Crippen MR) is 107 cm³/mol. The second-order valence-corrected chi connectivity index (χ2v) is 10.3. The Balaban J connectivity index is 1.66. The molecule has 26 heavy (non-hydrogen) atoms. The van der Waals surface area contributed by atoms with Gasteiger partial charge in [0, 0.05) is 11.1 Å². The molecule has 0 radical (unpaired) electrons. The second kappa shape index (κ2) is 7.67. The lowest BCUT2D eigenvalue weighted by molar-refractivity contribution is -0.129. The molecule has 2 aliphatic heterocycles. The summed E-state index contributed by atoms with van der Waals surface area (Å²) in [4.78, 5) is 26.3. The quantitative estimate of drug-likeness (QED) is 0.579. The van der Waals surface area contributed by atoms with Crippen LogP contribution in [0.25, 0.3) is 6.08 Å². The van der Waals surface area contributed by atoms with E-state index in [0.717, 1.165) is 11.8 Å². The Morgan fingerprint density at radius 2 is 2.15 bits per heavy atom. The van der Waals surface area contributed by atoms with Gasteiger partial charge in [-0.2, -0.15) is 0 Å². The predicted octanol–water partition coefficient (Wildman–Crippen LogP) is 1.84. The molecule has 1 N–H and O–H groups in total. The van der Waals surface area contributed by atoms with Gasteiger partial charge in [0.2, 0.25) is 5.91 Å². The molecular weight excluding hydrogens is 416 g/mol. The number of rotatable bonds is 4. The maximum absolute atomic E-state index is 12.5. The maximum Gasteiger partial charge on any atom is 0.266 e. The summed E-state index contributed by atoms with van der Waals surface area (Å²) in [5.74, 6) is -0.792. The average Bonchev–Trinajstić information content (AvgIpc) is 3.03. The molecule has 0 spiro atoms. The molecule has 2 fully saturated rings. The van der Waals surface area contributed by atoms with Crippen LogP contribution >= 0.6 is 35.6 Å². The Morgan fingerprint density at radius 1 is 1.42 bits per heavy atom. The summed E-state index contributed by atoms with van der Waals surface area (Å²) < 4.78 is 23.2. The molecule has 2 heterocycles. The zero-order valence-corrected chi connectivity index (χ0v) is 16.7. The van der Waals surface area contributed by atoms with Crippen LogP contribution in [0.15, 0.2) is 29.2 Å². The van der Waals surface area contributed by atoms with Crippen LogP contribution in [0.2, 0.25) is 5.02 Å². The van der Waals surface area contributed by atoms with Crippen LogP contribution in [0.1, 0.15) is 12.0 Å². The number of carbonyl (C=O) groups is 2. The van der Waals surface area contributed by atoms with Crippen molar-refractivity contribution in [1.82, 2.24) is 10.2 Å². The van der Waals surface area contributed by atoms with Crippen LogP contribution in [-0.4, -0.2) is 53.5 Å². The van der Waals surface area contributed by atoms with Gasteiger partial charge >= 0.3 is 0 Å². The van der Waals surface area contributed by atoms with E-state index in [4.69, 9.17) is 23.8 Å². The molecule has 2 saturated heterocycles. The van der Waals surface area contributed by atoms with Crippen molar-refractivity contribution in [2.45, 2.75) is 12.5 Å². The number of thiocarbonyl (C=S) groups is 1. The molecule has 6 nitrogen and oxygen atoms in total. The second-order valence-electron chi connectivity index (χ2n) is 5.96. The Hall–Kier alpha value is -1.42. The fourth-order valence-corrected chi connectivity index (χ4v) is 5.81. The van der Waals surface area contributed by atoms with Gasteiger partial charge in [0.1, 0.15) is 10.9 Å². The summed E-state index contributed by atoms with van der Waals surface area (Å²) in [5, 5.41) is 3.17. The third-order valence-corrected chi connectivity index (χ3v) is 7.45. The molecule has 0 unspecified atom stereocenters. The topological polar surface area (TPSA) is 83.6 Å². The molecular formula is C16H15ClN2O4S3. The first-order valence-corrected chi connectivity index (χ1v) is 11.2. The maximum atomic E-state index is 12.5. The summed E-state index contributed by atoms with van der Waals surface area (Å²) in [6.07, 6.45) is 2.03. The van der Waals surface area contributed by atoms with Crippen molar-refractivity contribution in [3.05, 3.63) is 39.8 Å². The number of nitrogens with zero attached hydrogens (tertiary/aromatic N) is 1. The standard InChI is InChI=1S/C16H15ClN2O4S3/c17-12-4-2-1-3-10(12)7-13-15(21)19(16(24)25-13)8-14(20)18-11-5-6-26(22,23)9-11/h1-4,7,11H,5-6,8-9H2,(H,18,20)/b13-7+/t11-/m0/s1. The van der Waals surface area contributed by atoms with Crippen LogP contribution in [0.3, 0.4) is 0 Å². The third kappa shape index (κ3) is 4.46. The number of thioether (sulfide) groups is 1. The zero-order valence-electron chi connectivity index (χ0n) is 13.5. The van der Waals surface area contributed by atoms with Crippen molar-refractivity contribution in [2.24, 2.45) is 0 Å². The highest BCUT2D eigenvalue weighted by Crippen LogP contribution is 2.33. The molecule has 10 heteroatoms. The van der Waals surface area contributed by atoms with Gasteiger partial charge in [-0.05, 0) is 24.1 Å². The summed E-state index contributed by atoms with van der Waals surface area (Å²) in [5.41, 5.74) is 0.690.